The van der Waals surface area contributed by atoms with Crippen molar-refractivity contribution in [2.45, 2.75) is 13.3 Å². The van der Waals surface area contributed by atoms with Crippen molar-refractivity contribution in [1.82, 2.24) is 4.98 Å². The van der Waals surface area contributed by atoms with E-state index in [1.54, 1.807) is 0 Å². The maximum absolute atomic E-state index is 4.98. The van der Waals surface area contributed by atoms with Crippen LogP contribution in [0.2, 0.25) is 0 Å². The SMILES string of the molecule is CCc1nc2ccc3ccccc3c2c2c1sc1ccccc12. The molecule has 0 aliphatic heterocycles. The minimum atomic E-state index is 0.964. The van der Waals surface area contributed by atoms with Crippen molar-refractivity contribution in [3.8, 4) is 0 Å². The Morgan fingerprint density at radius 2 is 1.61 bits per heavy atom. The topological polar surface area (TPSA) is 12.9 Å². The lowest BCUT2D eigenvalue weighted by atomic mass is 9.99. The molecule has 110 valence electrons. The van der Waals surface area contributed by atoms with Gasteiger partial charge in [0.15, 0.2) is 0 Å². The van der Waals surface area contributed by atoms with E-state index >= 15 is 0 Å². The summed E-state index contributed by atoms with van der Waals surface area (Å²) < 4.78 is 2.69. The summed E-state index contributed by atoms with van der Waals surface area (Å²) in [6.07, 6.45) is 0.964. The first-order valence-corrected chi connectivity index (χ1v) is 8.80. The summed E-state index contributed by atoms with van der Waals surface area (Å²) in [5, 5.41) is 6.61. The number of benzene rings is 3. The highest BCUT2D eigenvalue weighted by molar-refractivity contribution is 7.26. The first kappa shape index (κ1) is 13.0. The summed E-state index contributed by atoms with van der Waals surface area (Å²) in [7, 11) is 0. The van der Waals surface area contributed by atoms with Crippen LogP contribution in [0.4, 0.5) is 0 Å². The fraction of sp³-hybridized carbons (Fsp3) is 0.0952. The van der Waals surface area contributed by atoms with Crippen molar-refractivity contribution < 1.29 is 0 Å². The Balaban J connectivity index is 2.17. The molecule has 0 unspecified atom stereocenters. The largest absolute Gasteiger partial charge is 0.251 e. The van der Waals surface area contributed by atoms with Crippen molar-refractivity contribution in [3.05, 3.63) is 66.4 Å². The van der Waals surface area contributed by atoms with Gasteiger partial charge in [-0.15, -0.1) is 11.3 Å². The molecule has 0 radical (unpaired) electrons. The van der Waals surface area contributed by atoms with E-state index < -0.39 is 0 Å². The van der Waals surface area contributed by atoms with Crippen LogP contribution in [0.3, 0.4) is 0 Å². The molecule has 0 saturated carbocycles. The lowest BCUT2D eigenvalue weighted by Gasteiger charge is -2.08. The highest BCUT2D eigenvalue weighted by Crippen LogP contribution is 2.41. The summed E-state index contributed by atoms with van der Waals surface area (Å²) in [4.78, 5) is 4.98. The maximum atomic E-state index is 4.98. The molecule has 5 aromatic rings. The molecule has 0 spiro atoms. The first-order valence-electron chi connectivity index (χ1n) is 7.98. The van der Waals surface area contributed by atoms with Crippen LogP contribution < -0.4 is 0 Å². The second-order valence-electron chi connectivity index (χ2n) is 5.90. The summed E-state index contributed by atoms with van der Waals surface area (Å²) in [6.45, 7) is 2.19. The smallest absolute Gasteiger partial charge is 0.0719 e. The van der Waals surface area contributed by atoms with Crippen molar-refractivity contribution >= 4 is 53.2 Å². The molecule has 0 aliphatic rings. The molecule has 0 aliphatic carbocycles. The first-order chi connectivity index (χ1) is 11.4. The minimum absolute atomic E-state index is 0.964. The van der Waals surface area contributed by atoms with Gasteiger partial charge in [-0.25, -0.2) is 0 Å². The standard InChI is InChI=1S/C21H15NS/c1-2-16-21-20(15-9-5-6-10-18(15)23-21)19-14-8-4-3-7-13(14)11-12-17(19)22-16/h3-12H,2H2,1H3. The van der Waals surface area contributed by atoms with Crippen LogP contribution in [-0.2, 0) is 6.42 Å². The zero-order valence-electron chi connectivity index (χ0n) is 12.8. The van der Waals surface area contributed by atoms with Crippen molar-refractivity contribution in [2.24, 2.45) is 0 Å². The Morgan fingerprint density at radius 3 is 2.48 bits per heavy atom. The minimum Gasteiger partial charge on any atom is -0.251 e. The van der Waals surface area contributed by atoms with E-state index in [2.05, 4.69) is 67.6 Å². The van der Waals surface area contributed by atoms with Crippen LogP contribution in [0.15, 0.2) is 60.7 Å². The number of fused-ring (bicyclic) bond motifs is 7. The molecule has 0 atom stereocenters. The second-order valence-corrected chi connectivity index (χ2v) is 6.95. The number of thiophene rings is 1. The summed E-state index contributed by atoms with van der Waals surface area (Å²) in [6, 6.07) is 21.7. The van der Waals surface area contributed by atoms with Gasteiger partial charge in [-0.3, -0.25) is 4.98 Å². The van der Waals surface area contributed by atoms with Crippen molar-refractivity contribution in [1.29, 1.82) is 0 Å². The third-order valence-corrected chi connectivity index (χ3v) is 5.82. The van der Waals surface area contributed by atoms with Gasteiger partial charge < -0.3 is 0 Å². The summed E-state index contributed by atoms with van der Waals surface area (Å²) in [5.74, 6) is 0. The summed E-state index contributed by atoms with van der Waals surface area (Å²) in [5.41, 5.74) is 2.32. The number of hydrogen-bond acceptors (Lipinski definition) is 2. The number of nitrogens with zero attached hydrogens (tertiary/aromatic N) is 1. The molecule has 0 bridgehead atoms. The molecule has 0 fully saturated rings. The number of rotatable bonds is 1. The van der Waals surface area contributed by atoms with Gasteiger partial charge in [0.05, 0.1) is 15.9 Å². The van der Waals surface area contributed by atoms with Gasteiger partial charge in [-0.05, 0) is 29.3 Å². The van der Waals surface area contributed by atoms with Crippen LogP contribution in [0.5, 0.6) is 0 Å². The van der Waals surface area contributed by atoms with Crippen LogP contribution in [-0.4, -0.2) is 4.98 Å². The molecule has 5 rings (SSSR count). The predicted molar refractivity (Wildman–Crippen MR) is 102 cm³/mol. The van der Waals surface area contributed by atoms with Crippen LogP contribution in [0, 0.1) is 0 Å². The fourth-order valence-corrected chi connectivity index (χ4v) is 4.82. The van der Waals surface area contributed by atoms with E-state index in [0.717, 1.165) is 11.9 Å². The fourth-order valence-electron chi connectivity index (χ4n) is 3.55. The van der Waals surface area contributed by atoms with Gasteiger partial charge in [-0.2, -0.15) is 0 Å². The van der Waals surface area contributed by atoms with E-state index in [-0.39, 0.29) is 0 Å². The van der Waals surface area contributed by atoms with Gasteiger partial charge >= 0.3 is 0 Å². The number of aryl methyl sites for hydroxylation is 1. The molecule has 0 N–H and O–H groups in total. The third kappa shape index (κ3) is 1.76. The van der Waals surface area contributed by atoms with E-state index in [9.17, 15) is 0 Å². The zero-order chi connectivity index (χ0) is 15.4. The third-order valence-electron chi connectivity index (χ3n) is 4.60. The Bertz CT molecular complexity index is 1200. The number of aromatic nitrogens is 1. The second kappa shape index (κ2) is 4.77. The predicted octanol–water partition coefficient (Wildman–Crippen LogP) is 6.32. The number of hydrogen-bond donors (Lipinski definition) is 0. The van der Waals surface area contributed by atoms with Crippen LogP contribution in [0.25, 0.3) is 41.8 Å². The molecule has 3 aromatic carbocycles. The molecule has 23 heavy (non-hydrogen) atoms. The lowest BCUT2D eigenvalue weighted by molar-refractivity contribution is 1.08. The molecule has 2 heteroatoms. The molecule has 2 aromatic heterocycles. The van der Waals surface area contributed by atoms with Gasteiger partial charge in [0.25, 0.3) is 0 Å². The molecular weight excluding hydrogens is 298 g/mol. The summed E-state index contributed by atoms with van der Waals surface area (Å²) >= 11 is 1.87. The van der Waals surface area contributed by atoms with Crippen LogP contribution in [0.1, 0.15) is 12.6 Å². The number of pyridine rings is 1. The maximum Gasteiger partial charge on any atom is 0.0719 e. The quantitative estimate of drug-likeness (QED) is 0.330. The lowest BCUT2D eigenvalue weighted by Crippen LogP contribution is -1.90. The van der Waals surface area contributed by atoms with Gasteiger partial charge in [0.2, 0.25) is 0 Å². The normalized spacial score (nSPS) is 11.9. The van der Waals surface area contributed by atoms with Crippen LogP contribution >= 0.6 is 11.3 Å². The Morgan fingerprint density at radius 1 is 0.826 bits per heavy atom. The Kier molecular flexibility index (Phi) is 2.70. The average molecular weight is 313 g/mol. The molecular formula is C21H15NS. The monoisotopic (exact) mass is 313 g/mol. The van der Waals surface area contributed by atoms with Gasteiger partial charge in [-0.1, -0.05) is 55.5 Å². The van der Waals surface area contributed by atoms with Crippen molar-refractivity contribution in [2.75, 3.05) is 0 Å². The molecule has 1 nitrogen and oxygen atoms in total. The highest BCUT2D eigenvalue weighted by Gasteiger charge is 2.15. The molecule has 0 amide bonds. The van der Waals surface area contributed by atoms with E-state index in [1.165, 1.54) is 42.0 Å². The molecule has 2 heterocycles. The zero-order valence-corrected chi connectivity index (χ0v) is 13.7. The van der Waals surface area contributed by atoms with Gasteiger partial charge in [0, 0.05) is 20.9 Å². The molecule has 0 saturated heterocycles. The average Bonchev–Trinajstić information content (AvgIpc) is 3.00. The van der Waals surface area contributed by atoms with E-state index in [0.29, 0.717) is 0 Å². The Hall–Kier alpha value is -2.45. The highest BCUT2D eigenvalue weighted by atomic mass is 32.1. The Labute approximate surface area is 138 Å². The van der Waals surface area contributed by atoms with Crippen molar-refractivity contribution in [3.63, 3.8) is 0 Å². The van der Waals surface area contributed by atoms with E-state index in [1.807, 2.05) is 11.3 Å². The van der Waals surface area contributed by atoms with Gasteiger partial charge in [0.1, 0.15) is 0 Å². The van der Waals surface area contributed by atoms with E-state index in [4.69, 9.17) is 4.98 Å².